The number of urea groups is 1. The highest BCUT2D eigenvalue weighted by molar-refractivity contribution is 5.78. The maximum Gasteiger partial charge on any atom is 0.321 e. The third-order valence-corrected chi connectivity index (χ3v) is 7.17. The second-order valence-corrected chi connectivity index (χ2v) is 10.1. The molecule has 2 aromatic heterocycles. The second kappa shape index (κ2) is 10.6. The van der Waals surface area contributed by atoms with Crippen LogP contribution in [0, 0.1) is 5.82 Å². The molecule has 4 rings (SSSR count). The molecule has 0 saturated carbocycles. The van der Waals surface area contributed by atoms with Crippen molar-refractivity contribution < 1.29 is 13.9 Å². The molecule has 2 aliphatic rings. The van der Waals surface area contributed by atoms with E-state index in [1.165, 1.54) is 0 Å². The summed E-state index contributed by atoms with van der Waals surface area (Å²) < 4.78 is 19.6. The van der Waals surface area contributed by atoms with Crippen LogP contribution < -0.4 is 10.6 Å². The van der Waals surface area contributed by atoms with E-state index in [2.05, 4.69) is 49.5 Å². The van der Waals surface area contributed by atoms with Crippen LogP contribution in [0.4, 0.5) is 26.8 Å². The summed E-state index contributed by atoms with van der Waals surface area (Å²) in [7, 11) is 1.72. The lowest BCUT2D eigenvalue weighted by atomic mass is 10.0. The van der Waals surface area contributed by atoms with Crippen molar-refractivity contribution in [3.8, 4) is 0 Å². The molecule has 36 heavy (non-hydrogen) atoms. The molecule has 1 saturated heterocycles. The number of halogens is 1. The fourth-order valence-electron chi connectivity index (χ4n) is 5.08. The van der Waals surface area contributed by atoms with Crippen molar-refractivity contribution in [2.75, 3.05) is 50.5 Å². The highest BCUT2D eigenvalue weighted by Crippen LogP contribution is 2.42. The Morgan fingerprint density at radius 3 is 2.78 bits per heavy atom. The minimum Gasteiger partial charge on any atom is -0.385 e. The third kappa shape index (κ3) is 4.96. The number of hydrogen-bond donors (Lipinski definition) is 3. The second-order valence-electron chi connectivity index (χ2n) is 10.1. The molecule has 0 bridgehead atoms. The minimum atomic E-state index is -0.600. The van der Waals surface area contributed by atoms with Crippen molar-refractivity contribution in [3.05, 3.63) is 23.3 Å². The van der Waals surface area contributed by atoms with Crippen molar-refractivity contribution in [1.82, 2.24) is 34.9 Å². The largest absolute Gasteiger partial charge is 0.385 e. The quantitative estimate of drug-likeness (QED) is 0.471. The van der Waals surface area contributed by atoms with Gasteiger partial charge in [0, 0.05) is 57.5 Å². The first-order chi connectivity index (χ1) is 17.2. The number of fused-ring (bicyclic) bond motifs is 1. The Kier molecular flexibility index (Phi) is 7.65. The predicted molar refractivity (Wildman–Crippen MR) is 136 cm³/mol. The normalized spacial score (nSPS) is 21.5. The highest BCUT2D eigenvalue weighted by Gasteiger charge is 2.46. The molecule has 2 atom stereocenters. The van der Waals surface area contributed by atoms with Crippen LogP contribution >= 0.6 is 0 Å². The molecular formula is C24H38FN9O2. The van der Waals surface area contributed by atoms with E-state index in [4.69, 9.17) is 4.74 Å². The number of carbonyl (C=O) groups is 1. The first kappa shape index (κ1) is 26.1. The average Bonchev–Trinajstić information content (AvgIpc) is 3.35. The van der Waals surface area contributed by atoms with Gasteiger partial charge in [-0.3, -0.25) is 10.00 Å². The molecule has 0 spiro atoms. The van der Waals surface area contributed by atoms with Crippen molar-refractivity contribution in [1.29, 1.82) is 0 Å². The van der Waals surface area contributed by atoms with Crippen LogP contribution in [0.1, 0.15) is 52.3 Å². The molecule has 198 valence electrons. The van der Waals surface area contributed by atoms with E-state index in [1.54, 1.807) is 7.11 Å². The molecule has 2 aromatic rings. The van der Waals surface area contributed by atoms with Gasteiger partial charge in [0.05, 0.1) is 24.0 Å². The molecule has 0 unspecified atom stereocenters. The fourth-order valence-corrected chi connectivity index (χ4v) is 5.08. The number of carbonyl (C=O) groups excluding carboxylic acids is 1. The zero-order chi connectivity index (χ0) is 26.0. The van der Waals surface area contributed by atoms with Gasteiger partial charge in [-0.05, 0) is 41.0 Å². The lowest BCUT2D eigenvalue weighted by molar-refractivity contribution is 0.0315. The van der Waals surface area contributed by atoms with Gasteiger partial charge in [-0.1, -0.05) is 0 Å². The van der Waals surface area contributed by atoms with Gasteiger partial charge in [-0.2, -0.15) is 10.1 Å². The molecule has 2 amide bonds. The predicted octanol–water partition coefficient (Wildman–Crippen LogP) is 3.12. The van der Waals surface area contributed by atoms with Crippen molar-refractivity contribution in [2.45, 2.75) is 65.2 Å². The Morgan fingerprint density at radius 1 is 1.28 bits per heavy atom. The van der Waals surface area contributed by atoms with Crippen LogP contribution in [-0.2, 0) is 16.8 Å². The van der Waals surface area contributed by atoms with Gasteiger partial charge in [0.1, 0.15) is 0 Å². The zero-order valence-electron chi connectivity index (χ0n) is 22.1. The number of aromatic amines is 1. The van der Waals surface area contributed by atoms with Gasteiger partial charge in [0.15, 0.2) is 17.5 Å². The number of piperazine rings is 1. The van der Waals surface area contributed by atoms with E-state index < -0.39 is 11.4 Å². The van der Waals surface area contributed by atoms with E-state index >= 15 is 0 Å². The van der Waals surface area contributed by atoms with Crippen LogP contribution in [0.3, 0.4) is 0 Å². The number of nitrogens with zero attached hydrogens (tertiary/aromatic N) is 6. The molecule has 1 fully saturated rings. The molecule has 0 radical (unpaired) electrons. The number of H-pyrrole nitrogens is 1. The number of ether oxygens (including phenoxy) is 1. The van der Waals surface area contributed by atoms with Crippen molar-refractivity contribution in [3.63, 3.8) is 0 Å². The zero-order valence-corrected chi connectivity index (χ0v) is 22.1. The summed E-state index contributed by atoms with van der Waals surface area (Å²) in [6, 6.07) is 0.339. The Bertz CT molecular complexity index is 1080. The number of rotatable bonds is 8. The monoisotopic (exact) mass is 503 g/mol. The summed E-state index contributed by atoms with van der Waals surface area (Å²) in [5, 5.41) is 13.4. The van der Waals surface area contributed by atoms with Gasteiger partial charge in [0.2, 0.25) is 5.95 Å². The van der Waals surface area contributed by atoms with Gasteiger partial charge < -0.3 is 25.2 Å². The first-order valence-corrected chi connectivity index (χ1v) is 12.6. The summed E-state index contributed by atoms with van der Waals surface area (Å²) in [4.78, 5) is 28.2. The number of amides is 2. The Hall–Kier alpha value is -2.99. The molecular weight excluding hydrogens is 465 g/mol. The van der Waals surface area contributed by atoms with Gasteiger partial charge in [-0.25, -0.2) is 14.2 Å². The molecule has 4 heterocycles. The molecule has 3 N–H and O–H groups in total. The average molecular weight is 504 g/mol. The third-order valence-electron chi connectivity index (χ3n) is 7.17. The van der Waals surface area contributed by atoms with Gasteiger partial charge in [-0.15, -0.1) is 0 Å². The topological polar surface area (TPSA) is 115 Å². The number of methoxy groups -OCH3 is 1. The number of aromatic nitrogens is 4. The lowest BCUT2D eigenvalue weighted by Gasteiger charge is -2.46. The molecule has 2 aliphatic heterocycles. The maximum atomic E-state index is 14.4. The van der Waals surface area contributed by atoms with E-state index in [-0.39, 0.29) is 23.9 Å². The van der Waals surface area contributed by atoms with Gasteiger partial charge in [0.25, 0.3) is 0 Å². The van der Waals surface area contributed by atoms with Crippen LogP contribution in [-0.4, -0.2) is 92.9 Å². The standard InChI is InChI=1S/C24H38FN9O2/c1-7-26-22-27-11-18(25)21(29-22)28-20-17-14-34(24(4,5)19(17)30-31-20)23(35)33-13-15(2)32(12-16(33)3)9-8-10-36-6/h11,15-16H,7-10,12-14H2,1-6H3,(H3,26,27,28,29,30,31)/t15-,16+/m1/s1. The summed E-state index contributed by atoms with van der Waals surface area (Å²) in [5.41, 5.74) is 1.06. The van der Waals surface area contributed by atoms with E-state index in [9.17, 15) is 9.18 Å². The van der Waals surface area contributed by atoms with E-state index in [1.807, 2.05) is 30.6 Å². The van der Waals surface area contributed by atoms with E-state index in [0.717, 1.165) is 43.6 Å². The number of hydrogen-bond acceptors (Lipinski definition) is 8. The van der Waals surface area contributed by atoms with Crippen LogP contribution in [0.5, 0.6) is 0 Å². The smallest absolute Gasteiger partial charge is 0.321 e. The Balaban J connectivity index is 1.49. The Morgan fingerprint density at radius 2 is 2.06 bits per heavy atom. The highest BCUT2D eigenvalue weighted by atomic mass is 19.1. The van der Waals surface area contributed by atoms with E-state index in [0.29, 0.717) is 31.4 Å². The molecule has 0 aliphatic carbocycles. The summed E-state index contributed by atoms with van der Waals surface area (Å²) in [6.45, 7) is 14.3. The molecule has 12 heteroatoms. The first-order valence-electron chi connectivity index (χ1n) is 12.6. The fraction of sp³-hybridized carbons (Fsp3) is 0.667. The lowest BCUT2D eigenvalue weighted by Crippen LogP contribution is -2.61. The minimum absolute atomic E-state index is 0.00547. The molecule has 0 aromatic carbocycles. The molecule has 11 nitrogen and oxygen atoms in total. The van der Waals surface area contributed by atoms with Crippen LogP contribution in [0.15, 0.2) is 6.20 Å². The number of nitrogens with one attached hydrogen (secondary N) is 3. The summed E-state index contributed by atoms with van der Waals surface area (Å²) in [6.07, 6.45) is 2.10. The van der Waals surface area contributed by atoms with Crippen molar-refractivity contribution in [2.24, 2.45) is 0 Å². The van der Waals surface area contributed by atoms with Crippen LogP contribution in [0.2, 0.25) is 0 Å². The summed E-state index contributed by atoms with van der Waals surface area (Å²) >= 11 is 0. The van der Waals surface area contributed by atoms with Crippen molar-refractivity contribution >= 4 is 23.6 Å². The van der Waals surface area contributed by atoms with Gasteiger partial charge >= 0.3 is 6.03 Å². The van der Waals surface area contributed by atoms with Crippen LogP contribution in [0.25, 0.3) is 0 Å². The maximum absolute atomic E-state index is 14.4. The summed E-state index contributed by atoms with van der Waals surface area (Å²) in [5.74, 6) is 0.239. The Labute approximate surface area is 211 Å². The SMILES string of the molecule is CCNc1ncc(F)c(Nc2n[nH]c3c2CN(C(=O)N2C[C@@H](C)N(CCCOC)C[C@@H]2C)C3(C)C)n1. The number of anilines is 3.